The standard InChI is InChI=1S/C13H19N3O3/c1-9(12(14)17)16-5-2-11(3-6-16)15-13(18)10-4-7-19-8-10/h4,7-9,11H,2-3,5-6H2,1H3,(H2,14,17)(H,15,18). The van der Waals surface area contributed by atoms with Crippen LogP contribution >= 0.6 is 0 Å². The summed E-state index contributed by atoms with van der Waals surface area (Å²) in [6.45, 7) is 3.34. The number of nitrogens with two attached hydrogens (primary N) is 1. The van der Waals surface area contributed by atoms with Crippen LogP contribution in [-0.4, -0.2) is 41.9 Å². The molecule has 19 heavy (non-hydrogen) atoms. The van der Waals surface area contributed by atoms with Crippen molar-refractivity contribution in [1.29, 1.82) is 0 Å². The van der Waals surface area contributed by atoms with Crippen LogP contribution in [0, 0.1) is 0 Å². The average molecular weight is 265 g/mol. The average Bonchev–Trinajstić information content (AvgIpc) is 2.92. The fourth-order valence-corrected chi connectivity index (χ4v) is 2.27. The SMILES string of the molecule is CC(C(N)=O)N1CCC(NC(=O)c2ccoc2)CC1. The van der Waals surface area contributed by atoms with Crippen LogP contribution in [0.25, 0.3) is 0 Å². The Labute approximate surface area is 111 Å². The van der Waals surface area contributed by atoms with Crippen LogP contribution in [0.4, 0.5) is 0 Å². The quantitative estimate of drug-likeness (QED) is 0.822. The topological polar surface area (TPSA) is 88.6 Å². The van der Waals surface area contributed by atoms with E-state index < -0.39 is 0 Å². The van der Waals surface area contributed by atoms with Gasteiger partial charge in [-0.2, -0.15) is 0 Å². The van der Waals surface area contributed by atoms with Crippen molar-refractivity contribution in [1.82, 2.24) is 10.2 Å². The molecular formula is C13H19N3O3. The number of carbonyl (C=O) groups excluding carboxylic acids is 2. The molecule has 1 aromatic heterocycles. The van der Waals surface area contributed by atoms with E-state index in [-0.39, 0.29) is 23.9 Å². The summed E-state index contributed by atoms with van der Waals surface area (Å²) < 4.78 is 4.88. The van der Waals surface area contributed by atoms with Crippen LogP contribution < -0.4 is 11.1 Å². The zero-order chi connectivity index (χ0) is 13.8. The van der Waals surface area contributed by atoms with E-state index in [2.05, 4.69) is 5.32 Å². The summed E-state index contributed by atoms with van der Waals surface area (Å²) in [7, 11) is 0. The lowest BCUT2D eigenvalue weighted by atomic mass is 10.0. The number of rotatable bonds is 4. The molecule has 1 aliphatic heterocycles. The lowest BCUT2D eigenvalue weighted by Crippen LogP contribution is -2.50. The van der Waals surface area contributed by atoms with Crippen molar-refractivity contribution in [3.05, 3.63) is 24.2 Å². The van der Waals surface area contributed by atoms with Gasteiger partial charge in [-0.25, -0.2) is 0 Å². The minimum absolute atomic E-state index is 0.116. The maximum absolute atomic E-state index is 11.8. The summed E-state index contributed by atoms with van der Waals surface area (Å²) >= 11 is 0. The molecule has 1 atom stereocenters. The van der Waals surface area contributed by atoms with Gasteiger partial charge in [-0.1, -0.05) is 0 Å². The van der Waals surface area contributed by atoms with Crippen molar-refractivity contribution in [3.63, 3.8) is 0 Å². The summed E-state index contributed by atoms with van der Waals surface area (Å²) in [6.07, 6.45) is 4.55. The highest BCUT2D eigenvalue weighted by Crippen LogP contribution is 2.14. The number of hydrogen-bond donors (Lipinski definition) is 2. The highest BCUT2D eigenvalue weighted by Gasteiger charge is 2.26. The molecule has 0 aromatic carbocycles. The van der Waals surface area contributed by atoms with Gasteiger partial charge in [0.05, 0.1) is 17.9 Å². The number of nitrogens with one attached hydrogen (secondary N) is 1. The summed E-state index contributed by atoms with van der Waals surface area (Å²) in [6, 6.07) is 1.53. The Balaban J connectivity index is 1.81. The number of nitrogens with zero attached hydrogens (tertiary/aromatic N) is 1. The number of primary amides is 1. The number of piperidine rings is 1. The molecule has 1 aromatic rings. The van der Waals surface area contributed by atoms with Gasteiger partial charge in [-0.3, -0.25) is 14.5 Å². The summed E-state index contributed by atoms with van der Waals surface area (Å²) in [5.41, 5.74) is 5.82. The highest BCUT2D eigenvalue weighted by molar-refractivity contribution is 5.93. The van der Waals surface area contributed by atoms with Gasteiger partial charge in [0.1, 0.15) is 6.26 Å². The predicted molar refractivity (Wildman–Crippen MR) is 69.4 cm³/mol. The molecule has 2 rings (SSSR count). The zero-order valence-corrected chi connectivity index (χ0v) is 11.0. The van der Waals surface area contributed by atoms with Crippen LogP contribution in [0.2, 0.25) is 0 Å². The van der Waals surface area contributed by atoms with Gasteiger partial charge in [0, 0.05) is 19.1 Å². The van der Waals surface area contributed by atoms with Crippen LogP contribution in [0.1, 0.15) is 30.1 Å². The maximum Gasteiger partial charge on any atom is 0.254 e. The van der Waals surface area contributed by atoms with Gasteiger partial charge in [0.2, 0.25) is 5.91 Å². The number of hydrogen-bond acceptors (Lipinski definition) is 4. The van der Waals surface area contributed by atoms with Gasteiger partial charge >= 0.3 is 0 Å². The lowest BCUT2D eigenvalue weighted by molar-refractivity contribution is -0.123. The number of furan rings is 1. The Kier molecular flexibility index (Phi) is 4.21. The largest absolute Gasteiger partial charge is 0.472 e. The van der Waals surface area contributed by atoms with E-state index in [1.807, 2.05) is 11.8 Å². The molecule has 0 radical (unpaired) electrons. The van der Waals surface area contributed by atoms with E-state index in [9.17, 15) is 9.59 Å². The number of likely N-dealkylation sites (tertiary alicyclic amines) is 1. The zero-order valence-electron chi connectivity index (χ0n) is 11.0. The first kappa shape index (κ1) is 13.6. The molecule has 0 saturated carbocycles. The van der Waals surface area contributed by atoms with E-state index in [0.29, 0.717) is 5.56 Å². The van der Waals surface area contributed by atoms with E-state index >= 15 is 0 Å². The third-order valence-electron chi connectivity index (χ3n) is 3.61. The van der Waals surface area contributed by atoms with E-state index in [0.717, 1.165) is 25.9 Å². The number of amides is 2. The molecule has 0 spiro atoms. The lowest BCUT2D eigenvalue weighted by Gasteiger charge is -2.34. The van der Waals surface area contributed by atoms with Gasteiger partial charge in [0.25, 0.3) is 5.91 Å². The Morgan fingerprint density at radius 2 is 2.16 bits per heavy atom. The van der Waals surface area contributed by atoms with Crippen LogP contribution in [-0.2, 0) is 4.79 Å². The Hall–Kier alpha value is -1.82. The highest BCUT2D eigenvalue weighted by atomic mass is 16.3. The smallest absolute Gasteiger partial charge is 0.254 e. The van der Waals surface area contributed by atoms with E-state index in [1.54, 1.807) is 6.07 Å². The fraction of sp³-hybridized carbons (Fsp3) is 0.538. The summed E-state index contributed by atoms with van der Waals surface area (Å²) in [5, 5.41) is 2.97. The molecular weight excluding hydrogens is 246 g/mol. The molecule has 2 amide bonds. The van der Waals surface area contributed by atoms with Crippen molar-refractivity contribution in [3.8, 4) is 0 Å². The molecule has 0 aliphatic carbocycles. The Morgan fingerprint density at radius 3 is 2.68 bits per heavy atom. The minimum atomic E-state index is -0.305. The summed E-state index contributed by atoms with van der Waals surface area (Å²) in [5.74, 6) is -0.420. The second-order valence-electron chi connectivity index (χ2n) is 4.87. The minimum Gasteiger partial charge on any atom is -0.472 e. The summed E-state index contributed by atoms with van der Waals surface area (Å²) in [4.78, 5) is 25.0. The second-order valence-corrected chi connectivity index (χ2v) is 4.87. The molecule has 6 nitrogen and oxygen atoms in total. The van der Waals surface area contributed by atoms with Gasteiger partial charge in [-0.05, 0) is 25.8 Å². The van der Waals surface area contributed by atoms with Gasteiger partial charge in [-0.15, -0.1) is 0 Å². The molecule has 3 N–H and O–H groups in total. The van der Waals surface area contributed by atoms with Gasteiger partial charge in [0.15, 0.2) is 0 Å². The van der Waals surface area contributed by atoms with Crippen molar-refractivity contribution < 1.29 is 14.0 Å². The molecule has 0 bridgehead atoms. The van der Waals surface area contributed by atoms with Crippen molar-refractivity contribution in [2.75, 3.05) is 13.1 Å². The molecule has 2 heterocycles. The van der Waals surface area contributed by atoms with Crippen molar-refractivity contribution >= 4 is 11.8 Å². The first-order valence-electron chi connectivity index (χ1n) is 6.44. The van der Waals surface area contributed by atoms with Crippen molar-refractivity contribution in [2.24, 2.45) is 5.73 Å². The molecule has 1 aliphatic rings. The number of carbonyl (C=O) groups is 2. The third-order valence-corrected chi connectivity index (χ3v) is 3.61. The van der Waals surface area contributed by atoms with Crippen molar-refractivity contribution in [2.45, 2.75) is 31.8 Å². The van der Waals surface area contributed by atoms with E-state index in [4.69, 9.17) is 10.2 Å². The Bertz CT molecular complexity index is 436. The molecule has 1 unspecified atom stereocenters. The van der Waals surface area contributed by atoms with Crippen LogP contribution in [0.5, 0.6) is 0 Å². The molecule has 6 heteroatoms. The van der Waals surface area contributed by atoms with Gasteiger partial charge < -0.3 is 15.5 Å². The third kappa shape index (κ3) is 3.35. The first-order chi connectivity index (χ1) is 9.08. The first-order valence-corrected chi connectivity index (χ1v) is 6.44. The fourth-order valence-electron chi connectivity index (χ4n) is 2.27. The van der Waals surface area contributed by atoms with E-state index in [1.165, 1.54) is 12.5 Å². The molecule has 104 valence electrons. The second kappa shape index (κ2) is 5.88. The Morgan fingerprint density at radius 1 is 1.47 bits per heavy atom. The predicted octanol–water partition coefficient (Wildman–Crippen LogP) is 0.348. The molecule has 1 fully saturated rings. The molecule has 1 saturated heterocycles. The normalized spacial score (nSPS) is 19.0. The van der Waals surface area contributed by atoms with Crippen LogP contribution in [0.3, 0.4) is 0 Å². The maximum atomic E-state index is 11.8. The van der Waals surface area contributed by atoms with Crippen LogP contribution in [0.15, 0.2) is 23.0 Å². The monoisotopic (exact) mass is 265 g/mol.